The van der Waals surface area contributed by atoms with Gasteiger partial charge in [-0.3, -0.25) is 0 Å². The first kappa shape index (κ1) is 22.5. The number of aliphatic hydroxyl groups is 1. The van der Waals surface area contributed by atoms with Crippen molar-refractivity contribution in [1.29, 1.82) is 0 Å². The highest BCUT2D eigenvalue weighted by molar-refractivity contribution is 5.26. The number of rotatable bonds is 11. The van der Waals surface area contributed by atoms with Crippen LogP contribution in [0.4, 0.5) is 0 Å². The summed E-state index contributed by atoms with van der Waals surface area (Å²) in [4.78, 5) is 0. The van der Waals surface area contributed by atoms with Gasteiger partial charge in [0.05, 0.1) is 26.4 Å². The minimum atomic E-state index is -0.399. The summed E-state index contributed by atoms with van der Waals surface area (Å²) in [5.74, 6) is 1.06. The van der Waals surface area contributed by atoms with Crippen LogP contribution in [0.5, 0.6) is 5.75 Å². The van der Waals surface area contributed by atoms with Gasteiger partial charge in [-0.25, -0.2) is 0 Å². The Balaban J connectivity index is 2.39. The summed E-state index contributed by atoms with van der Waals surface area (Å²) < 4.78 is 10.9. The van der Waals surface area contributed by atoms with Crippen molar-refractivity contribution in [3.63, 3.8) is 0 Å². The highest BCUT2D eigenvalue weighted by Crippen LogP contribution is 2.19. The molecule has 0 saturated carbocycles. The molecule has 0 spiro atoms. The fourth-order valence-corrected chi connectivity index (χ4v) is 2.92. The van der Waals surface area contributed by atoms with Crippen molar-refractivity contribution in [2.75, 3.05) is 13.7 Å². The Morgan fingerprint density at radius 1 is 1.12 bits per heavy atom. The first-order valence-electron chi connectivity index (χ1n) is 9.52. The van der Waals surface area contributed by atoms with Crippen molar-refractivity contribution in [2.24, 2.45) is 11.8 Å². The average molecular weight is 361 g/mol. The van der Waals surface area contributed by atoms with Gasteiger partial charge in [0.25, 0.3) is 0 Å². The number of ether oxygens (including phenoxy) is 2. The zero-order valence-corrected chi connectivity index (χ0v) is 17.3. The second-order valence-electron chi connectivity index (χ2n) is 7.52. The van der Waals surface area contributed by atoms with E-state index in [9.17, 15) is 5.11 Å². The normalized spacial score (nSPS) is 15.3. The molecule has 3 nitrogen and oxygen atoms in total. The Morgan fingerprint density at radius 3 is 2.35 bits per heavy atom. The molecule has 0 heterocycles. The van der Waals surface area contributed by atoms with Gasteiger partial charge >= 0.3 is 0 Å². The quantitative estimate of drug-likeness (QED) is 0.527. The maximum Gasteiger partial charge on any atom is 0.118 e. The van der Waals surface area contributed by atoms with Crippen molar-refractivity contribution in [1.82, 2.24) is 0 Å². The minimum Gasteiger partial charge on any atom is -0.497 e. The van der Waals surface area contributed by atoms with Gasteiger partial charge in [-0.15, -0.1) is 0 Å². The molecule has 1 N–H and O–H groups in total. The molecule has 0 aliphatic rings. The van der Waals surface area contributed by atoms with E-state index in [1.54, 1.807) is 7.11 Å². The van der Waals surface area contributed by atoms with Crippen LogP contribution in [0.25, 0.3) is 0 Å². The van der Waals surface area contributed by atoms with E-state index >= 15 is 0 Å². The Labute approximate surface area is 159 Å². The zero-order chi connectivity index (χ0) is 19.5. The largest absolute Gasteiger partial charge is 0.497 e. The summed E-state index contributed by atoms with van der Waals surface area (Å²) in [6.07, 6.45) is 6.17. The van der Waals surface area contributed by atoms with Gasteiger partial charge in [-0.05, 0) is 51.3 Å². The number of methoxy groups -OCH3 is 1. The summed E-state index contributed by atoms with van der Waals surface area (Å²) in [5.41, 5.74) is 3.80. The lowest BCUT2D eigenvalue weighted by atomic mass is 9.91. The van der Waals surface area contributed by atoms with E-state index in [1.165, 1.54) is 11.1 Å². The average Bonchev–Trinajstić information content (AvgIpc) is 2.61. The molecule has 0 aromatic heterocycles. The molecule has 1 rings (SSSR count). The van der Waals surface area contributed by atoms with E-state index < -0.39 is 6.10 Å². The second-order valence-corrected chi connectivity index (χ2v) is 7.52. The first-order valence-corrected chi connectivity index (χ1v) is 9.52. The SMILES string of the molecule is COc1ccc(COC[C@H](C)[C@H](O)[C@@H](C)/C=C(/C)CCC=C(C)C)cc1. The molecule has 146 valence electrons. The number of hydrogen-bond acceptors (Lipinski definition) is 3. The fourth-order valence-electron chi connectivity index (χ4n) is 2.92. The van der Waals surface area contributed by atoms with Crippen LogP contribution in [0.3, 0.4) is 0 Å². The summed E-state index contributed by atoms with van der Waals surface area (Å²) in [6.45, 7) is 11.6. The van der Waals surface area contributed by atoms with Crippen molar-refractivity contribution in [3.8, 4) is 5.75 Å². The lowest BCUT2D eigenvalue weighted by molar-refractivity contribution is 0.0132. The standard InChI is InChI=1S/C23H36O3/c1-17(2)8-7-9-18(3)14-19(4)23(24)20(5)15-26-16-21-10-12-22(25-6)13-11-21/h8,10-14,19-20,23-24H,7,9,15-16H2,1-6H3/b18-14-/t19-,20-,23+/m0/s1. The monoisotopic (exact) mass is 360 g/mol. The van der Waals surface area contributed by atoms with Gasteiger partial charge in [0.1, 0.15) is 5.75 Å². The highest BCUT2D eigenvalue weighted by Gasteiger charge is 2.20. The lowest BCUT2D eigenvalue weighted by Gasteiger charge is -2.23. The Hall–Kier alpha value is -1.58. The van der Waals surface area contributed by atoms with Gasteiger partial charge in [0, 0.05) is 11.8 Å². The summed E-state index contributed by atoms with van der Waals surface area (Å²) in [6, 6.07) is 7.87. The minimum absolute atomic E-state index is 0.0880. The summed E-state index contributed by atoms with van der Waals surface area (Å²) in [7, 11) is 1.66. The Morgan fingerprint density at radius 2 is 1.77 bits per heavy atom. The van der Waals surface area contributed by atoms with Gasteiger partial charge in [-0.1, -0.05) is 49.3 Å². The van der Waals surface area contributed by atoms with Crippen molar-refractivity contribution >= 4 is 0 Å². The first-order chi connectivity index (χ1) is 12.3. The van der Waals surface area contributed by atoms with E-state index in [0.29, 0.717) is 13.2 Å². The van der Waals surface area contributed by atoms with Crippen LogP contribution in [0.2, 0.25) is 0 Å². The van der Waals surface area contributed by atoms with E-state index in [0.717, 1.165) is 24.2 Å². The fraction of sp³-hybridized carbons (Fsp3) is 0.565. The molecule has 1 aromatic carbocycles. The third-order valence-electron chi connectivity index (χ3n) is 4.57. The van der Waals surface area contributed by atoms with Crippen LogP contribution in [0, 0.1) is 11.8 Å². The smallest absolute Gasteiger partial charge is 0.118 e. The third kappa shape index (κ3) is 8.68. The number of benzene rings is 1. The predicted octanol–water partition coefficient (Wildman–Crippen LogP) is 5.54. The van der Waals surface area contributed by atoms with Crippen LogP contribution in [0.1, 0.15) is 53.0 Å². The van der Waals surface area contributed by atoms with Crippen LogP contribution < -0.4 is 4.74 Å². The molecule has 0 aliphatic carbocycles. The summed E-state index contributed by atoms with van der Waals surface area (Å²) >= 11 is 0. The summed E-state index contributed by atoms with van der Waals surface area (Å²) in [5, 5.41) is 10.6. The third-order valence-corrected chi connectivity index (χ3v) is 4.57. The molecular weight excluding hydrogens is 324 g/mol. The number of allylic oxidation sites excluding steroid dienone is 3. The van der Waals surface area contributed by atoms with E-state index in [-0.39, 0.29) is 11.8 Å². The van der Waals surface area contributed by atoms with Gasteiger partial charge in [0.15, 0.2) is 0 Å². The van der Waals surface area contributed by atoms with Crippen LogP contribution in [-0.4, -0.2) is 24.9 Å². The van der Waals surface area contributed by atoms with Crippen molar-refractivity contribution in [3.05, 3.63) is 53.1 Å². The highest BCUT2D eigenvalue weighted by atomic mass is 16.5. The van der Waals surface area contributed by atoms with Crippen LogP contribution in [0.15, 0.2) is 47.6 Å². The second kappa shape index (κ2) is 11.9. The van der Waals surface area contributed by atoms with E-state index in [2.05, 4.69) is 39.8 Å². The van der Waals surface area contributed by atoms with Crippen LogP contribution >= 0.6 is 0 Å². The molecule has 0 aliphatic heterocycles. The molecule has 0 radical (unpaired) electrons. The van der Waals surface area contributed by atoms with Gasteiger partial charge < -0.3 is 14.6 Å². The molecule has 0 bridgehead atoms. The van der Waals surface area contributed by atoms with Crippen molar-refractivity contribution < 1.29 is 14.6 Å². The number of hydrogen-bond donors (Lipinski definition) is 1. The molecule has 0 saturated heterocycles. The maximum absolute atomic E-state index is 10.6. The molecule has 0 amide bonds. The molecule has 3 heteroatoms. The van der Waals surface area contributed by atoms with Crippen LogP contribution in [-0.2, 0) is 11.3 Å². The topological polar surface area (TPSA) is 38.7 Å². The van der Waals surface area contributed by atoms with Gasteiger partial charge in [-0.2, -0.15) is 0 Å². The molecular formula is C23H36O3. The molecule has 3 atom stereocenters. The van der Waals surface area contributed by atoms with E-state index in [1.807, 2.05) is 31.2 Å². The van der Waals surface area contributed by atoms with Crippen molar-refractivity contribution in [2.45, 2.75) is 60.2 Å². The number of aliphatic hydroxyl groups excluding tert-OH is 1. The lowest BCUT2D eigenvalue weighted by Crippen LogP contribution is -2.28. The molecule has 0 unspecified atom stereocenters. The Bertz CT molecular complexity index is 568. The molecule has 0 fully saturated rings. The maximum atomic E-state index is 10.6. The molecule has 1 aromatic rings. The van der Waals surface area contributed by atoms with Gasteiger partial charge in [0.2, 0.25) is 0 Å². The van der Waals surface area contributed by atoms with E-state index in [4.69, 9.17) is 9.47 Å². The molecule has 26 heavy (non-hydrogen) atoms. The zero-order valence-electron chi connectivity index (χ0n) is 17.3. The Kier molecular flexibility index (Phi) is 10.3. The predicted molar refractivity (Wildman–Crippen MR) is 109 cm³/mol.